The monoisotopic (exact) mass is 483 g/mol. The molecule has 0 saturated carbocycles. The zero-order valence-corrected chi connectivity index (χ0v) is 20.1. The van der Waals surface area contributed by atoms with Crippen LogP contribution >= 0.6 is 11.3 Å². The highest BCUT2D eigenvalue weighted by atomic mass is 32.1. The fourth-order valence-electron chi connectivity index (χ4n) is 3.19. The molecule has 3 rings (SSSR count). The highest BCUT2D eigenvalue weighted by Gasteiger charge is 2.28. The molecule has 3 aromatic rings. The Kier molecular flexibility index (Phi) is 8.26. The number of benzene rings is 2. The van der Waals surface area contributed by atoms with Crippen LogP contribution < -0.4 is 14.8 Å². The van der Waals surface area contributed by atoms with Crippen molar-refractivity contribution in [3.05, 3.63) is 75.7 Å². The minimum Gasteiger partial charge on any atom is -0.493 e. The first-order chi connectivity index (χ1) is 16.4. The van der Waals surface area contributed by atoms with Crippen LogP contribution in [0, 0.1) is 6.92 Å². The summed E-state index contributed by atoms with van der Waals surface area (Å²) < 4.78 is 21.0. The lowest BCUT2D eigenvalue weighted by Crippen LogP contribution is -2.15. The van der Waals surface area contributed by atoms with E-state index in [1.54, 1.807) is 26.0 Å². The van der Waals surface area contributed by atoms with E-state index in [0.29, 0.717) is 17.1 Å². The number of nitrogens with one attached hydrogen (secondary N) is 1. The first-order valence-electron chi connectivity index (χ1n) is 10.4. The number of hydrogen-bond donors (Lipinski definition) is 1. The predicted octanol–water partition coefficient (Wildman–Crippen LogP) is 4.86. The van der Waals surface area contributed by atoms with Crippen molar-refractivity contribution in [3.8, 4) is 11.5 Å². The Morgan fingerprint density at radius 2 is 1.62 bits per heavy atom. The molecular weight excluding hydrogens is 458 g/mol. The molecule has 2 aromatic carbocycles. The van der Waals surface area contributed by atoms with Crippen LogP contribution in [0.3, 0.4) is 0 Å². The first-order valence-corrected chi connectivity index (χ1v) is 11.3. The summed E-state index contributed by atoms with van der Waals surface area (Å²) >= 11 is 0.961. The number of methoxy groups -OCH3 is 2. The smallest absolute Gasteiger partial charge is 0.349 e. The number of amides is 1. The summed E-state index contributed by atoms with van der Waals surface area (Å²) in [5, 5.41) is 2.92. The Balaban J connectivity index is 1.89. The van der Waals surface area contributed by atoms with E-state index in [0.717, 1.165) is 16.9 Å². The van der Waals surface area contributed by atoms with E-state index in [-0.39, 0.29) is 34.2 Å². The molecule has 0 aliphatic carbocycles. The van der Waals surface area contributed by atoms with Crippen LogP contribution in [0.1, 0.15) is 48.4 Å². The van der Waals surface area contributed by atoms with Gasteiger partial charge in [0.05, 0.1) is 26.4 Å². The van der Waals surface area contributed by atoms with Crippen molar-refractivity contribution in [3.63, 3.8) is 0 Å². The lowest BCUT2D eigenvalue weighted by Gasteiger charge is -2.10. The van der Waals surface area contributed by atoms with Gasteiger partial charge in [-0.05, 0) is 43.2 Å². The number of carbonyl (C=O) groups excluding carboxylic acids is 3. The largest absolute Gasteiger partial charge is 0.493 e. The van der Waals surface area contributed by atoms with Gasteiger partial charge in [-0.1, -0.05) is 30.3 Å². The molecule has 8 nitrogen and oxygen atoms in total. The molecule has 178 valence electrons. The molecule has 0 aliphatic heterocycles. The summed E-state index contributed by atoms with van der Waals surface area (Å²) in [6, 6.07) is 13.9. The Labute approximate surface area is 201 Å². The summed E-state index contributed by atoms with van der Waals surface area (Å²) in [6.45, 7) is 3.52. The normalized spacial score (nSPS) is 10.4. The van der Waals surface area contributed by atoms with Crippen molar-refractivity contribution >= 4 is 34.2 Å². The average molecular weight is 484 g/mol. The minimum absolute atomic E-state index is 0.0824. The molecule has 0 unspecified atom stereocenters. The van der Waals surface area contributed by atoms with Gasteiger partial charge in [0.25, 0.3) is 5.91 Å². The molecule has 0 bridgehead atoms. The first kappa shape index (κ1) is 24.8. The number of rotatable bonds is 9. The average Bonchev–Trinajstić information content (AvgIpc) is 3.18. The summed E-state index contributed by atoms with van der Waals surface area (Å²) in [5.74, 6) is -0.864. The van der Waals surface area contributed by atoms with Crippen LogP contribution in [-0.2, 0) is 16.1 Å². The third-order valence-electron chi connectivity index (χ3n) is 4.90. The molecule has 34 heavy (non-hydrogen) atoms. The summed E-state index contributed by atoms with van der Waals surface area (Å²) in [4.78, 5) is 38.6. The molecule has 9 heteroatoms. The van der Waals surface area contributed by atoms with Crippen molar-refractivity contribution in [1.29, 1.82) is 0 Å². The van der Waals surface area contributed by atoms with Crippen LogP contribution in [0.4, 0.5) is 5.00 Å². The number of anilines is 1. The molecule has 1 heterocycles. The predicted molar refractivity (Wildman–Crippen MR) is 128 cm³/mol. The van der Waals surface area contributed by atoms with Gasteiger partial charge < -0.3 is 24.3 Å². The van der Waals surface area contributed by atoms with Crippen molar-refractivity contribution in [2.24, 2.45) is 0 Å². The van der Waals surface area contributed by atoms with Gasteiger partial charge >= 0.3 is 11.9 Å². The highest BCUT2D eigenvalue weighted by Crippen LogP contribution is 2.35. The van der Waals surface area contributed by atoms with E-state index >= 15 is 0 Å². The zero-order valence-electron chi connectivity index (χ0n) is 19.3. The van der Waals surface area contributed by atoms with E-state index in [2.05, 4.69) is 5.32 Å². The van der Waals surface area contributed by atoms with Gasteiger partial charge in [0.1, 0.15) is 16.5 Å². The van der Waals surface area contributed by atoms with E-state index in [1.165, 1.54) is 20.3 Å². The van der Waals surface area contributed by atoms with Gasteiger partial charge in [0.2, 0.25) is 0 Å². The summed E-state index contributed by atoms with van der Waals surface area (Å²) in [5.41, 5.74) is 1.61. The Morgan fingerprint density at radius 3 is 2.26 bits per heavy atom. The van der Waals surface area contributed by atoms with Gasteiger partial charge in [-0.2, -0.15) is 0 Å². The minimum atomic E-state index is -0.638. The number of esters is 2. The molecular formula is C25H25NO7S. The molecule has 0 atom stereocenters. The van der Waals surface area contributed by atoms with Gasteiger partial charge in [-0.15, -0.1) is 11.3 Å². The SMILES string of the molecule is CCOC(=O)c1c(NC(=O)c2ccc(OC)c(OC)c2)sc(C(=O)OCc2ccccc2)c1C. The van der Waals surface area contributed by atoms with Crippen molar-refractivity contribution in [1.82, 2.24) is 0 Å². The quantitative estimate of drug-likeness (QED) is 0.434. The van der Waals surface area contributed by atoms with Gasteiger partial charge in [0, 0.05) is 5.56 Å². The summed E-state index contributed by atoms with van der Waals surface area (Å²) in [6.07, 6.45) is 0. The zero-order chi connectivity index (χ0) is 24.7. The second-order valence-corrected chi connectivity index (χ2v) is 8.09. The Morgan fingerprint density at radius 1 is 0.912 bits per heavy atom. The lowest BCUT2D eigenvalue weighted by molar-refractivity contribution is 0.0477. The number of ether oxygens (including phenoxy) is 4. The molecule has 0 saturated heterocycles. The van der Waals surface area contributed by atoms with E-state index in [1.807, 2.05) is 30.3 Å². The van der Waals surface area contributed by atoms with Gasteiger partial charge in [-0.25, -0.2) is 9.59 Å². The topological polar surface area (TPSA) is 100 Å². The van der Waals surface area contributed by atoms with Gasteiger partial charge in [-0.3, -0.25) is 4.79 Å². The molecule has 1 amide bonds. The molecule has 0 radical (unpaired) electrons. The van der Waals surface area contributed by atoms with Crippen molar-refractivity contribution < 1.29 is 33.3 Å². The third-order valence-corrected chi connectivity index (χ3v) is 6.08. The van der Waals surface area contributed by atoms with Crippen LogP contribution in [0.15, 0.2) is 48.5 Å². The second-order valence-electron chi connectivity index (χ2n) is 7.07. The fraction of sp³-hybridized carbons (Fsp3) is 0.240. The second kappa shape index (κ2) is 11.3. The molecule has 0 fully saturated rings. The summed E-state index contributed by atoms with van der Waals surface area (Å²) in [7, 11) is 2.96. The maximum absolute atomic E-state index is 12.9. The maximum atomic E-state index is 12.9. The van der Waals surface area contributed by atoms with Crippen LogP contribution in [0.5, 0.6) is 11.5 Å². The number of carbonyl (C=O) groups is 3. The number of thiophene rings is 1. The van der Waals surface area contributed by atoms with Crippen LogP contribution in [0.25, 0.3) is 0 Å². The Bertz CT molecular complexity index is 1190. The van der Waals surface area contributed by atoms with E-state index in [4.69, 9.17) is 18.9 Å². The standard InChI is InChI=1S/C25H25NO7S/c1-5-32-24(28)20-15(2)21(25(29)33-14-16-9-7-6-8-10-16)34-23(20)26-22(27)17-11-12-18(30-3)19(13-17)31-4/h6-13H,5,14H2,1-4H3,(H,26,27). The van der Waals surface area contributed by atoms with E-state index < -0.39 is 17.8 Å². The van der Waals surface area contributed by atoms with E-state index in [9.17, 15) is 14.4 Å². The fourth-order valence-corrected chi connectivity index (χ4v) is 4.27. The van der Waals surface area contributed by atoms with Gasteiger partial charge in [0.15, 0.2) is 11.5 Å². The highest BCUT2D eigenvalue weighted by molar-refractivity contribution is 7.18. The maximum Gasteiger partial charge on any atom is 0.349 e. The van der Waals surface area contributed by atoms with Crippen LogP contribution in [0.2, 0.25) is 0 Å². The lowest BCUT2D eigenvalue weighted by atomic mass is 10.1. The number of hydrogen-bond acceptors (Lipinski definition) is 8. The molecule has 1 aromatic heterocycles. The van der Waals surface area contributed by atoms with Crippen LogP contribution in [-0.4, -0.2) is 38.7 Å². The molecule has 1 N–H and O–H groups in total. The molecule has 0 spiro atoms. The molecule has 0 aliphatic rings. The Hall–Kier alpha value is -3.85. The van der Waals surface area contributed by atoms with Crippen molar-refractivity contribution in [2.45, 2.75) is 20.5 Å². The third kappa shape index (κ3) is 5.55. The van der Waals surface area contributed by atoms with Crippen molar-refractivity contribution in [2.75, 3.05) is 26.1 Å².